The molecule has 1 aromatic rings. The van der Waals surface area contributed by atoms with E-state index in [9.17, 15) is 24.0 Å². The van der Waals surface area contributed by atoms with Gasteiger partial charge in [0.05, 0.1) is 0 Å². The first kappa shape index (κ1) is 22.1. The van der Waals surface area contributed by atoms with Gasteiger partial charge >= 0.3 is 12.1 Å². The molecule has 0 saturated carbocycles. The molecule has 0 radical (unpaired) electrons. The van der Waals surface area contributed by atoms with Gasteiger partial charge in [-0.25, -0.2) is 19.6 Å². The number of allylic oxidation sites excluding steroid dienone is 1. The number of aliphatic carboxylic acids is 1. The van der Waals surface area contributed by atoms with Gasteiger partial charge in [0.25, 0.3) is 5.91 Å². The molecule has 160 valence electrons. The van der Waals surface area contributed by atoms with Gasteiger partial charge < -0.3 is 19.7 Å². The fraction of sp³-hybridized carbons (Fsp3) is 0.389. The van der Waals surface area contributed by atoms with Crippen LogP contribution in [0.2, 0.25) is 0 Å². The third-order valence-corrected chi connectivity index (χ3v) is 6.33. The molecule has 3 rings (SSSR count). The first-order chi connectivity index (χ1) is 14.1. The highest BCUT2D eigenvalue weighted by Gasteiger charge is 2.61. The second-order valence-electron chi connectivity index (χ2n) is 7.38. The minimum absolute atomic E-state index is 0.0741. The second-order valence-corrected chi connectivity index (χ2v) is 9.78. The lowest BCUT2D eigenvalue weighted by molar-refractivity contribution is -0.149. The van der Waals surface area contributed by atoms with E-state index in [-0.39, 0.29) is 17.0 Å². The van der Waals surface area contributed by atoms with Gasteiger partial charge in [0.1, 0.15) is 17.1 Å². The number of nitrogens with zero attached hydrogens (tertiary/aromatic N) is 3. The zero-order chi connectivity index (χ0) is 22.1. The normalized spacial score (nSPS) is 23.8. The summed E-state index contributed by atoms with van der Waals surface area (Å²) in [6.45, 7) is 5.01. The van der Waals surface area contributed by atoms with Gasteiger partial charge in [0.15, 0.2) is 11.2 Å². The van der Waals surface area contributed by atoms with Crippen molar-refractivity contribution in [2.24, 2.45) is 0 Å². The van der Waals surface area contributed by atoms with Crippen molar-refractivity contribution in [2.75, 3.05) is 5.75 Å². The van der Waals surface area contributed by atoms with Gasteiger partial charge in [0.2, 0.25) is 5.37 Å². The van der Waals surface area contributed by atoms with Crippen molar-refractivity contribution in [1.29, 1.82) is 0 Å². The number of rotatable bonds is 5. The highest BCUT2D eigenvalue weighted by molar-refractivity contribution is 8.02. The number of nitrogens with one attached hydrogen (secondary N) is 1. The predicted molar refractivity (Wildman–Crippen MR) is 108 cm³/mol. The number of aromatic nitrogens is 2. The Kier molecular flexibility index (Phi) is 6.38. The molecule has 2 aliphatic rings. The van der Waals surface area contributed by atoms with Crippen molar-refractivity contribution in [3.63, 3.8) is 0 Å². The highest BCUT2D eigenvalue weighted by atomic mass is 32.2. The topological polar surface area (TPSA) is 145 Å². The van der Waals surface area contributed by atoms with Gasteiger partial charge in [-0.15, -0.1) is 0 Å². The number of carbonyl (C=O) groups is 3. The maximum absolute atomic E-state index is 12.7. The Bertz CT molecular complexity index is 915. The van der Waals surface area contributed by atoms with Gasteiger partial charge in [-0.05, 0) is 49.5 Å². The molecule has 3 atom stereocenters. The minimum atomic E-state index is -1.61. The van der Waals surface area contributed by atoms with Crippen molar-refractivity contribution < 1.29 is 28.8 Å². The lowest BCUT2D eigenvalue weighted by Gasteiger charge is -2.48. The van der Waals surface area contributed by atoms with Crippen molar-refractivity contribution in [1.82, 2.24) is 20.2 Å². The van der Waals surface area contributed by atoms with Crippen LogP contribution in [0.5, 0.6) is 0 Å². The minimum Gasteiger partial charge on any atom is -0.614 e. The summed E-state index contributed by atoms with van der Waals surface area (Å²) >= 11 is -0.454. The van der Waals surface area contributed by atoms with E-state index in [1.165, 1.54) is 6.08 Å². The summed E-state index contributed by atoms with van der Waals surface area (Å²) in [4.78, 5) is 45.4. The number of carbonyl (C=O) groups excluding carboxylic acids is 2. The SMILES string of the molecule is CC(C)(C)OC(=O)NC1C(=O)N2C(C(=O)O)=C(C=CSc3ncccn3)C[S+]([O-])[C@@H]12. The van der Waals surface area contributed by atoms with Crippen LogP contribution in [0.15, 0.2) is 46.4 Å². The van der Waals surface area contributed by atoms with E-state index < -0.39 is 46.2 Å². The number of carboxylic acid groups (broad SMARTS) is 1. The molecule has 0 aromatic carbocycles. The Labute approximate surface area is 180 Å². The van der Waals surface area contributed by atoms with Crippen LogP contribution in [0.1, 0.15) is 20.8 Å². The van der Waals surface area contributed by atoms with Crippen LogP contribution in [0, 0.1) is 0 Å². The molecular formula is C18H20N4O6S2. The van der Waals surface area contributed by atoms with Gasteiger partial charge in [-0.1, -0.05) is 11.8 Å². The molecule has 0 bridgehead atoms. The van der Waals surface area contributed by atoms with E-state index in [4.69, 9.17) is 4.74 Å². The van der Waals surface area contributed by atoms with Crippen molar-refractivity contribution in [3.8, 4) is 0 Å². The molecular weight excluding hydrogens is 432 g/mol. The largest absolute Gasteiger partial charge is 0.614 e. The predicted octanol–water partition coefficient (Wildman–Crippen LogP) is 1.24. The van der Waals surface area contributed by atoms with Crippen LogP contribution in [0.3, 0.4) is 0 Å². The number of hydrogen-bond acceptors (Lipinski definition) is 8. The maximum Gasteiger partial charge on any atom is 0.408 e. The second kappa shape index (κ2) is 8.66. The van der Waals surface area contributed by atoms with Gasteiger partial charge in [-0.3, -0.25) is 9.69 Å². The van der Waals surface area contributed by atoms with Crippen LogP contribution in [-0.4, -0.2) is 65.3 Å². The number of ether oxygens (including phenoxy) is 1. The molecule has 1 saturated heterocycles. The smallest absolute Gasteiger partial charge is 0.408 e. The van der Waals surface area contributed by atoms with E-state index in [1.807, 2.05) is 0 Å². The zero-order valence-electron chi connectivity index (χ0n) is 16.4. The summed E-state index contributed by atoms with van der Waals surface area (Å²) in [6, 6.07) is 0.563. The van der Waals surface area contributed by atoms with Crippen LogP contribution < -0.4 is 5.32 Å². The molecule has 30 heavy (non-hydrogen) atoms. The van der Waals surface area contributed by atoms with Crippen LogP contribution in [0.4, 0.5) is 4.79 Å². The molecule has 3 heterocycles. The summed E-state index contributed by atoms with van der Waals surface area (Å²) < 4.78 is 17.8. The van der Waals surface area contributed by atoms with Crippen molar-refractivity contribution in [3.05, 3.63) is 41.2 Å². The summed E-state index contributed by atoms with van der Waals surface area (Å²) in [6.07, 6.45) is 3.80. The molecule has 0 aliphatic carbocycles. The number of fused-ring (bicyclic) bond motifs is 1. The first-order valence-electron chi connectivity index (χ1n) is 8.85. The van der Waals surface area contributed by atoms with E-state index in [0.717, 1.165) is 16.7 Å². The van der Waals surface area contributed by atoms with Crippen LogP contribution >= 0.6 is 11.8 Å². The lowest BCUT2D eigenvalue weighted by Crippen LogP contribution is -2.74. The Hall–Kier alpha value is -2.57. The first-order valence-corrected chi connectivity index (χ1v) is 11.1. The fourth-order valence-electron chi connectivity index (χ4n) is 2.89. The van der Waals surface area contributed by atoms with E-state index in [2.05, 4.69) is 15.3 Å². The third kappa shape index (κ3) is 4.77. The van der Waals surface area contributed by atoms with E-state index >= 15 is 0 Å². The van der Waals surface area contributed by atoms with Gasteiger partial charge in [-0.2, -0.15) is 0 Å². The Morgan fingerprint density at radius 2 is 2.07 bits per heavy atom. The average Bonchev–Trinajstić information content (AvgIpc) is 2.65. The number of carboxylic acids is 1. The molecule has 2 amide bonds. The van der Waals surface area contributed by atoms with E-state index in [0.29, 0.717) is 5.16 Å². The van der Waals surface area contributed by atoms with Crippen LogP contribution in [-0.2, 0) is 25.5 Å². The summed E-state index contributed by atoms with van der Waals surface area (Å²) in [7, 11) is 0. The monoisotopic (exact) mass is 452 g/mol. The number of hydrogen-bond donors (Lipinski definition) is 2. The average molecular weight is 453 g/mol. The lowest BCUT2D eigenvalue weighted by atomic mass is 10.0. The molecule has 1 fully saturated rings. The summed E-state index contributed by atoms with van der Waals surface area (Å²) in [5.74, 6) is -2.04. The highest BCUT2D eigenvalue weighted by Crippen LogP contribution is 2.37. The summed E-state index contributed by atoms with van der Waals surface area (Å²) in [5, 5.41) is 13.1. The molecule has 1 aromatic heterocycles. The Morgan fingerprint density at radius 3 is 2.67 bits per heavy atom. The van der Waals surface area contributed by atoms with E-state index in [1.54, 1.807) is 44.6 Å². The third-order valence-electron chi connectivity index (χ3n) is 4.01. The number of β-lactam (4-membered cyclic amide) rings is 1. The number of alkyl carbamates (subject to hydrolysis) is 1. The maximum atomic E-state index is 12.7. The number of amides is 2. The molecule has 2 N–H and O–H groups in total. The fourth-order valence-corrected chi connectivity index (χ4v) is 5.13. The van der Waals surface area contributed by atoms with Crippen LogP contribution in [0.25, 0.3) is 0 Å². The van der Waals surface area contributed by atoms with Gasteiger partial charge in [0, 0.05) is 18.0 Å². The Morgan fingerprint density at radius 1 is 1.40 bits per heavy atom. The standard InChI is InChI=1S/C18H20N4O6S2/c1-18(2,3)28-17(26)21-11-13(23)22-12(15(24)25)10(9-30(27)14(11)22)5-8-29-16-19-6-4-7-20-16/h4-8,11,14H,9H2,1-3H3,(H,21,26)(H,24,25)/t11?,14-,30?/m0/s1. The molecule has 10 nitrogen and oxygen atoms in total. The molecule has 12 heteroatoms. The molecule has 2 unspecified atom stereocenters. The zero-order valence-corrected chi connectivity index (χ0v) is 18.0. The van der Waals surface area contributed by atoms with Crippen molar-refractivity contribution in [2.45, 2.75) is 42.9 Å². The quantitative estimate of drug-likeness (QED) is 0.292. The molecule has 2 aliphatic heterocycles. The molecule has 0 spiro atoms. The number of thioether (sulfide) groups is 1. The Balaban J connectivity index is 1.77. The van der Waals surface area contributed by atoms with Crippen molar-refractivity contribution >= 4 is 40.9 Å². The summed E-state index contributed by atoms with van der Waals surface area (Å²) in [5.41, 5.74) is -0.783.